The standard InChI is InChI=1S/C19H19N3O4S/c1-25-15-8-5-9-16(10-15)27(23,24)22-11-17(14-6-3-2-4-7-14)18(12-22)19-20-13-26-21-19/h2-10,13,17-18H,11-12H2,1H3. The van der Waals surface area contributed by atoms with E-state index in [4.69, 9.17) is 9.26 Å². The van der Waals surface area contributed by atoms with Gasteiger partial charge in [-0.1, -0.05) is 41.6 Å². The molecule has 2 aromatic carbocycles. The van der Waals surface area contributed by atoms with Gasteiger partial charge < -0.3 is 9.26 Å². The van der Waals surface area contributed by atoms with E-state index in [2.05, 4.69) is 10.1 Å². The number of hydrogen-bond donors (Lipinski definition) is 0. The normalized spacial score (nSPS) is 20.6. The monoisotopic (exact) mass is 385 g/mol. The fraction of sp³-hybridized carbons (Fsp3) is 0.263. The van der Waals surface area contributed by atoms with Crippen LogP contribution in [-0.2, 0) is 10.0 Å². The Morgan fingerprint density at radius 2 is 1.85 bits per heavy atom. The molecule has 4 rings (SSSR count). The van der Waals surface area contributed by atoms with Crippen LogP contribution in [0.15, 0.2) is 70.4 Å². The molecule has 1 fully saturated rings. The first-order chi connectivity index (χ1) is 13.1. The van der Waals surface area contributed by atoms with E-state index in [1.807, 2.05) is 30.3 Å². The van der Waals surface area contributed by atoms with E-state index in [9.17, 15) is 8.42 Å². The highest BCUT2D eigenvalue weighted by Crippen LogP contribution is 2.40. The number of nitrogens with zero attached hydrogens (tertiary/aromatic N) is 3. The molecule has 3 aromatic rings. The quantitative estimate of drug-likeness (QED) is 0.671. The molecule has 1 aliphatic heterocycles. The zero-order valence-corrected chi connectivity index (χ0v) is 15.5. The molecular weight excluding hydrogens is 366 g/mol. The van der Waals surface area contributed by atoms with Gasteiger partial charge in [-0.05, 0) is 17.7 Å². The maximum Gasteiger partial charge on any atom is 0.243 e. The summed E-state index contributed by atoms with van der Waals surface area (Å²) in [6.45, 7) is 0.640. The lowest BCUT2D eigenvalue weighted by Gasteiger charge is -2.17. The maximum atomic E-state index is 13.2. The van der Waals surface area contributed by atoms with Gasteiger partial charge in [-0.2, -0.15) is 9.29 Å². The zero-order chi connectivity index (χ0) is 18.9. The molecule has 27 heavy (non-hydrogen) atoms. The minimum absolute atomic E-state index is 0.0517. The molecule has 1 aromatic heterocycles. The average molecular weight is 385 g/mol. The van der Waals surface area contributed by atoms with Crippen molar-refractivity contribution in [3.63, 3.8) is 0 Å². The second-order valence-electron chi connectivity index (χ2n) is 6.41. The van der Waals surface area contributed by atoms with Gasteiger partial charge in [-0.15, -0.1) is 0 Å². The summed E-state index contributed by atoms with van der Waals surface area (Å²) in [6, 6.07) is 16.3. The number of benzene rings is 2. The lowest BCUT2D eigenvalue weighted by Crippen LogP contribution is -2.29. The highest BCUT2D eigenvalue weighted by Gasteiger charge is 2.42. The first kappa shape index (κ1) is 17.7. The Bertz CT molecular complexity index is 1010. The first-order valence-corrected chi connectivity index (χ1v) is 9.99. The molecule has 0 amide bonds. The molecule has 2 unspecified atom stereocenters. The third-order valence-corrected chi connectivity index (χ3v) is 6.73. The zero-order valence-electron chi connectivity index (χ0n) is 14.7. The van der Waals surface area contributed by atoms with Crippen molar-refractivity contribution in [3.05, 3.63) is 72.4 Å². The van der Waals surface area contributed by atoms with E-state index < -0.39 is 10.0 Å². The average Bonchev–Trinajstić information content (AvgIpc) is 3.38. The van der Waals surface area contributed by atoms with Crippen molar-refractivity contribution < 1.29 is 17.7 Å². The Kier molecular flexibility index (Phi) is 4.67. The Balaban J connectivity index is 1.70. The van der Waals surface area contributed by atoms with E-state index in [0.29, 0.717) is 24.7 Å². The predicted octanol–water partition coefficient (Wildman–Crippen LogP) is 2.65. The third kappa shape index (κ3) is 3.33. The summed E-state index contributed by atoms with van der Waals surface area (Å²) < 4.78 is 38.0. The Labute approximate surface area is 157 Å². The molecule has 0 saturated carbocycles. The second kappa shape index (κ2) is 7.13. The number of ether oxygens (including phenoxy) is 1. The van der Waals surface area contributed by atoms with Crippen LogP contribution in [0.1, 0.15) is 23.2 Å². The summed E-state index contributed by atoms with van der Waals surface area (Å²) in [7, 11) is -2.16. The molecule has 2 atom stereocenters. The van der Waals surface area contributed by atoms with Crippen molar-refractivity contribution in [3.8, 4) is 5.75 Å². The lowest BCUT2D eigenvalue weighted by atomic mass is 9.88. The van der Waals surface area contributed by atoms with Crippen LogP contribution in [-0.4, -0.2) is 43.1 Å². The molecule has 0 spiro atoms. The summed E-state index contributed by atoms with van der Waals surface area (Å²) in [5, 5.41) is 3.96. The number of hydrogen-bond acceptors (Lipinski definition) is 6. The molecule has 0 aliphatic carbocycles. The van der Waals surface area contributed by atoms with Crippen LogP contribution in [0, 0.1) is 0 Å². The summed E-state index contributed by atoms with van der Waals surface area (Å²) in [5.41, 5.74) is 1.05. The van der Waals surface area contributed by atoms with Gasteiger partial charge in [-0.3, -0.25) is 0 Å². The molecule has 0 N–H and O–H groups in total. The summed E-state index contributed by atoms with van der Waals surface area (Å²) in [6.07, 6.45) is 1.27. The van der Waals surface area contributed by atoms with E-state index in [0.717, 1.165) is 5.56 Å². The van der Waals surface area contributed by atoms with Gasteiger partial charge in [0.2, 0.25) is 16.4 Å². The van der Waals surface area contributed by atoms with Crippen LogP contribution in [0.4, 0.5) is 0 Å². The summed E-state index contributed by atoms with van der Waals surface area (Å²) in [5.74, 6) is 0.799. The van der Waals surface area contributed by atoms with Crippen LogP contribution >= 0.6 is 0 Å². The van der Waals surface area contributed by atoms with Crippen molar-refractivity contribution in [2.24, 2.45) is 0 Å². The van der Waals surface area contributed by atoms with Gasteiger partial charge in [0.1, 0.15) is 5.75 Å². The molecule has 2 heterocycles. The first-order valence-electron chi connectivity index (χ1n) is 8.55. The van der Waals surface area contributed by atoms with Crippen LogP contribution < -0.4 is 4.74 Å². The van der Waals surface area contributed by atoms with E-state index in [1.54, 1.807) is 18.2 Å². The molecule has 0 radical (unpaired) electrons. The summed E-state index contributed by atoms with van der Waals surface area (Å²) >= 11 is 0. The van der Waals surface area contributed by atoms with Crippen molar-refractivity contribution >= 4 is 10.0 Å². The number of aromatic nitrogens is 2. The van der Waals surface area contributed by atoms with Gasteiger partial charge >= 0.3 is 0 Å². The molecule has 140 valence electrons. The van der Waals surface area contributed by atoms with Crippen molar-refractivity contribution in [2.75, 3.05) is 20.2 Å². The number of rotatable bonds is 5. The minimum atomic E-state index is -3.67. The second-order valence-corrected chi connectivity index (χ2v) is 8.35. The van der Waals surface area contributed by atoms with Gasteiger partial charge in [0, 0.05) is 31.0 Å². The number of sulfonamides is 1. The Morgan fingerprint density at radius 1 is 1.07 bits per heavy atom. The minimum Gasteiger partial charge on any atom is -0.497 e. The molecule has 0 bridgehead atoms. The van der Waals surface area contributed by atoms with Crippen LogP contribution in [0.3, 0.4) is 0 Å². The third-order valence-electron chi connectivity index (χ3n) is 4.90. The Hall–Kier alpha value is -2.71. The summed E-state index contributed by atoms with van der Waals surface area (Å²) in [4.78, 5) is 4.38. The van der Waals surface area contributed by atoms with Crippen LogP contribution in [0.5, 0.6) is 5.75 Å². The van der Waals surface area contributed by atoms with Gasteiger partial charge in [0.15, 0.2) is 5.82 Å². The highest BCUT2D eigenvalue weighted by atomic mass is 32.2. The van der Waals surface area contributed by atoms with E-state index in [1.165, 1.54) is 23.9 Å². The molecule has 7 nitrogen and oxygen atoms in total. The van der Waals surface area contributed by atoms with Crippen LogP contribution in [0.25, 0.3) is 0 Å². The van der Waals surface area contributed by atoms with Gasteiger partial charge in [0.25, 0.3) is 0 Å². The van der Waals surface area contributed by atoms with Crippen molar-refractivity contribution in [1.82, 2.24) is 14.4 Å². The largest absolute Gasteiger partial charge is 0.497 e. The van der Waals surface area contributed by atoms with Crippen LogP contribution in [0.2, 0.25) is 0 Å². The SMILES string of the molecule is COc1cccc(S(=O)(=O)N2CC(c3ccccc3)C(c3ncon3)C2)c1. The maximum absolute atomic E-state index is 13.2. The van der Waals surface area contributed by atoms with Crippen molar-refractivity contribution in [1.29, 1.82) is 0 Å². The lowest BCUT2D eigenvalue weighted by molar-refractivity contribution is 0.401. The Morgan fingerprint density at radius 3 is 2.56 bits per heavy atom. The smallest absolute Gasteiger partial charge is 0.243 e. The molecular formula is C19H19N3O4S. The van der Waals surface area contributed by atoms with Gasteiger partial charge in [-0.25, -0.2) is 8.42 Å². The predicted molar refractivity (Wildman–Crippen MR) is 98.0 cm³/mol. The molecule has 1 aliphatic rings. The van der Waals surface area contributed by atoms with Crippen molar-refractivity contribution in [2.45, 2.75) is 16.7 Å². The number of methoxy groups -OCH3 is 1. The van der Waals surface area contributed by atoms with E-state index in [-0.39, 0.29) is 16.7 Å². The molecule has 8 heteroatoms. The fourth-order valence-corrected chi connectivity index (χ4v) is 5.04. The topological polar surface area (TPSA) is 85.5 Å². The van der Waals surface area contributed by atoms with E-state index >= 15 is 0 Å². The fourth-order valence-electron chi connectivity index (χ4n) is 3.52. The van der Waals surface area contributed by atoms with Gasteiger partial charge in [0.05, 0.1) is 12.0 Å². The molecule has 1 saturated heterocycles. The highest BCUT2D eigenvalue weighted by molar-refractivity contribution is 7.89.